The van der Waals surface area contributed by atoms with Crippen LogP contribution < -0.4 is 0 Å². The average Bonchev–Trinajstić information content (AvgIpc) is 2.55. The Morgan fingerprint density at radius 3 is 2.33 bits per heavy atom. The number of hydrogen-bond acceptors (Lipinski definition) is 3. The van der Waals surface area contributed by atoms with Gasteiger partial charge in [-0.1, -0.05) is 35.7 Å². The first kappa shape index (κ1) is 19.4. The molecule has 0 aliphatic heterocycles. The highest BCUT2D eigenvalue weighted by molar-refractivity contribution is 9.10. The average molecular weight is 417 g/mol. The third-order valence-corrected chi connectivity index (χ3v) is 7.18. The fraction of sp³-hybridized carbons (Fsp3) is 0.588. The summed E-state index contributed by atoms with van der Waals surface area (Å²) >= 11 is 3.29. The van der Waals surface area contributed by atoms with E-state index in [-0.39, 0.29) is 23.4 Å². The zero-order valence-corrected chi connectivity index (χ0v) is 16.8. The van der Waals surface area contributed by atoms with Crippen molar-refractivity contribution in [2.75, 3.05) is 20.6 Å². The number of rotatable bonds is 5. The standard InChI is InChI=1S/C17H25BrN2O3S/c1-13-6-4-5-7-16(13)20(3)17(21)12-19(2)24(22,23)15-10-8-14(18)9-11-15/h8-11,13,16H,4-7,12H2,1-3H3. The Morgan fingerprint density at radius 1 is 1.17 bits per heavy atom. The van der Waals surface area contributed by atoms with Gasteiger partial charge in [0, 0.05) is 24.6 Å². The van der Waals surface area contributed by atoms with Crippen LogP contribution in [0.5, 0.6) is 0 Å². The van der Waals surface area contributed by atoms with E-state index in [9.17, 15) is 13.2 Å². The van der Waals surface area contributed by atoms with Gasteiger partial charge in [-0.2, -0.15) is 4.31 Å². The van der Waals surface area contributed by atoms with E-state index in [1.165, 1.54) is 25.6 Å². The number of hydrogen-bond donors (Lipinski definition) is 0. The van der Waals surface area contributed by atoms with Gasteiger partial charge >= 0.3 is 0 Å². The van der Waals surface area contributed by atoms with Gasteiger partial charge in [0.1, 0.15) is 0 Å². The molecule has 1 saturated carbocycles. The van der Waals surface area contributed by atoms with Crippen LogP contribution in [0.1, 0.15) is 32.6 Å². The van der Waals surface area contributed by atoms with Gasteiger partial charge in [-0.3, -0.25) is 4.79 Å². The van der Waals surface area contributed by atoms with E-state index in [0.717, 1.165) is 28.0 Å². The SMILES string of the molecule is CC1CCCCC1N(C)C(=O)CN(C)S(=O)(=O)c1ccc(Br)cc1. The number of halogens is 1. The molecule has 5 nitrogen and oxygen atoms in total. The second-order valence-electron chi connectivity index (χ2n) is 6.55. The Hall–Kier alpha value is -0.920. The quantitative estimate of drug-likeness (QED) is 0.740. The molecule has 0 saturated heterocycles. The second-order valence-corrected chi connectivity index (χ2v) is 9.51. The lowest BCUT2D eigenvalue weighted by atomic mass is 9.85. The maximum Gasteiger partial charge on any atom is 0.243 e. The monoisotopic (exact) mass is 416 g/mol. The molecule has 0 radical (unpaired) electrons. The summed E-state index contributed by atoms with van der Waals surface area (Å²) in [7, 11) is -0.425. The number of carbonyl (C=O) groups is 1. The summed E-state index contributed by atoms with van der Waals surface area (Å²) in [6.45, 7) is 2.02. The number of amides is 1. The van der Waals surface area contributed by atoms with Crippen molar-refractivity contribution in [3.63, 3.8) is 0 Å². The molecule has 2 unspecified atom stereocenters. The topological polar surface area (TPSA) is 57.7 Å². The summed E-state index contributed by atoms with van der Waals surface area (Å²) in [4.78, 5) is 14.5. The van der Waals surface area contributed by atoms with Crippen LogP contribution in [0.3, 0.4) is 0 Å². The Kier molecular flexibility index (Phi) is 6.45. The summed E-state index contributed by atoms with van der Waals surface area (Å²) < 4.78 is 27.1. The van der Waals surface area contributed by atoms with Crippen LogP contribution in [0.15, 0.2) is 33.6 Å². The van der Waals surface area contributed by atoms with Crippen LogP contribution in [0.4, 0.5) is 0 Å². The largest absolute Gasteiger partial charge is 0.341 e. The summed E-state index contributed by atoms with van der Waals surface area (Å²) in [5, 5.41) is 0. The number of carbonyl (C=O) groups excluding carboxylic acids is 1. The zero-order chi connectivity index (χ0) is 17.9. The lowest BCUT2D eigenvalue weighted by molar-refractivity contribution is -0.133. The minimum atomic E-state index is -3.66. The first-order valence-electron chi connectivity index (χ1n) is 8.21. The highest BCUT2D eigenvalue weighted by Crippen LogP contribution is 2.27. The van der Waals surface area contributed by atoms with Crippen LogP contribution in [0, 0.1) is 5.92 Å². The van der Waals surface area contributed by atoms with Gasteiger partial charge in [0.15, 0.2) is 0 Å². The minimum absolute atomic E-state index is 0.141. The van der Waals surface area contributed by atoms with Crippen molar-refractivity contribution in [2.45, 2.75) is 43.5 Å². The van der Waals surface area contributed by atoms with Crippen molar-refractivity contribution >= 4 is 31.9 Å². The van der Waals surface area contributed by atoms with Gasteiger partial charge < -0.3 is 4.90 Å². The molecule has 0 spiro atoms. The van der Waals surface area contributed by atoms with Gasteiger partial charge in [0.05, 0.1) is 11.4 Å². The van der Waals surface area contributed by atoms with E-state index in [2.05, 4.69) is 22.9 Å². The molecule has 134 valence electrons. The molecule has 0 bridgehead atoms. The van der Waals surface area contributed by atoms with E-state index in [0.29, 0.717) is 5.92 Å². The third-order valence-electron chi connectivity index (χ3n) is 4.84. The molecule has 2 atom stereocenters. The molecule has 1 aromatic carbocycles. The zero-order valence-electron chi connectivity index (χ0n) is 14.4. The molecule has 1 aliphatic carbocycles. The Morgan fingerprint density at radius 2 is 1.75 bits per heavy atom. The summed E-state index contributed by atoms with van der Waals surface area (Å²) in [6.07, 6.45) is 4.44. The summed E-state index contributed by atoms with van der Waals surface area (Å²) in [6, 6.07) is 6.63. The predicted octanol–water partition coefficient (Wildman–Crippen LogP) is 3.11. The smallest absolute Gasteiger partial charge is 0.243 e. The fourth-order valence-corrected chi connectivity index (χ4v) is 4.62. The number of nitrogens with zero attached hydrogens (tertiary/aromatic N) is 2. The van der Waals surface area contributed by atoms with Gasteiger partial charge in [-0.25, -0.2) is 8.42 Å². The molecule has 0 heterocycles. The first-order valence-corrected chi connectivity index (χ1v) is 10.4. The molecule has 1 fully saturated rings. The fourth-order valence-electron chi connectivity index (χ4n) is 3.23. The Bertz CT molecular complexity index is 676. The van der Waals surface area contributed by atoms with Crippen molar-refractivity contribution < 1.29 is 13.2 Å². The molecule has 7 heteroatoms. The Labute approximate surface area is 153 Å². The van der Waals surface area contributed by atoms with Gasteiger partial charge in [0.25, 0.3) is 0 Å². The normalized spacial score (nSPS) is 21.7. The van der Waals surface area contributed by atoms with Crippen LogP contribution in [-0.2, 0) is 14.8 Å². The first-order chi connectivity index (χ1) is 11.2. The number of likely N-dealkylation sites (N-methyl/N-ethyl adjacent to an activating group) is 2. The molecule has 2 rings (SSSR count). The Balaban J connectivity index is 2.06. The van der Waals surface area contributed by atoms with Crippen LogP contribution in [0.25, 0.3) is 0 Å². The highest BCUT2D eigenvalue weighted by atomic mass is 79.9. The lowest BCUT2D eigenvalue weighted by Crippen LogP contribution is -2.47. The minimum Gasteiger partial charge on any atom is -0.341 e. The van der Waals surface area contributed by atoms with Gasteiger partial charge in [-0.15, -0.1) is 0 Å². The van der Waals surface area contributed by atoms with E-state index in [4.69, 9.17) is 0 Å². The third kappa shape index (κ3) is 4.37. The molecule has 1 amide bonds. The molecule has 1 aliphatic rings. The van der Waals surface area contributed by atoms with Crippen LogP contribution >= 0.6 is 15.9 Å². The second kappa shape index (κ2) is 7.97. The van der Waals surface area contributed by atoms with Crippen molar-refractivity contribution in [2.24, 2.45) is 5.92 Å². The molecular formula is C17H25BrN2O3S. The van der Waals surface area contributed by atoms with Crippen LogP contribution in [-0.4, -0.2) is 50.2 Å². The van der Waals surface area contributed by atoms with E-state index >= 15 is 0 Å². The summed E-state index contributed by atoms with van der Waals surface area (Å²) in [5.41, 5.74) is 0. The molecule has 1 aromatic rings. The van der Waals surface area contributed by atoms with Crippen molar-refractivity contribution in [1.82, 2.24) is 9.21 Å². The number of sulfonamides is 1. The number of benzene rings is 1. The highest BCUT2D eigenvalue weighted by Gasteiger charge is 2.30. The maximum absolute atomic E-state index is 12.6. The van der Waals surface area contributed by atoms with Crippen molar-refractivity contribution in [1.29, 1.82) is 0 Å². The van der Waals surface area contributed by atoms with Crippen LogP contribution in [0.2, 0.25) is 0 Å². The van der Waals surface area contributed by atoms with Gasteiger partial charge in [0.2, 0.25) is 15.9 Å². The molecular weight excluding hydrogens is 392 g/mol. The van der Waals surface area contributed by atoms with Crippen molar-refractivity contribution in [3.8, 4) is 0 Å². The maximum atomic E-state index is 12.6. The van der Waals surface area contributed by atoms with Crippen molar-refractivity contribution in [3.05, 3.63) is 28.7 Å². The van der Waals surface area contributed by atoms with Gasteiger partial charge in [-0.05, 0) is 43.0 Å². The molecule has 24 heavy (non-hydrogen) atoms. The molecule has 0 aromatic heterocycles. The lowest BCUT2D eigenvalue weighted by Gasteiger charge is -2.36. The summed E-state index contributed by atoms with van der Waals surface area (Å²) in [5.74, 6) is 0.304. The van der Waals surface area contributed by atoms with E-state index in [1.807, 2.05) is 0 Å². The van der Waals surface area contributed by atoms with E-state index < -0.39 is 10.0 Å². The predicted molar refractivity (Wildman–Crippen MR) is 98.1 cm³/mol. The van der Waals surface area contributed by atoms with E-state index in [1.54, 1.807) is 24.1 Å². The molecule has 0 N–H and O–H groups in total.